The maximum absolute atomic E-state index is 15.9. The number of aliphatic carboxylic acids is 1. The molecule has 2 aromatic carbocycles. The van der Waals surface area contributed by atoms with E-state index in [0.717, 1.165) is 66.0 Å². The number of ether oxygens (including phenoxy) is 4. The molecule has 125 heavy (non-hydrogen) atoms. The SMILES string of the molecule is CC[C@]1(O)C(=O)OCc2c1cc1n(c2=O)Cc2c-1nc1cc(F)c(C)c3c1c2[C@H](NC(=O)OC(Cc1cn(CCN(CC(=O)N(C)CC(=O)N(C)CC(=O)N(C)CC(=O)N(C)CC(=O)N(C)CC(=O)N(C)CC(=O)N(C)CC(=O)N(C)CC(=O)N(C)CC(=O)N(C)CC(N)=O)C(=O)CN)nn1)c1ccc(O[C@@H]2O[C@H](C(=O)O)[C@@H](O)[C@H](O)[C@H]2O)c([N+](=O)[O-])c1)CC3. The molecule has 1 saturated heterocycles. The van der Waals surface area contributed by atoms with E-state index >= 15 is 4.39 Å². The molecule has 1 unspecified atom stereocenters. The van der Waals surface area contributed by atoms with Gasteiger partial charge in [0.25, 0.3) is 5.56 Å². The number of aliphatic hydroxyl groups is 4. The predicted molar refractivity (Wildman–Crippen MR) is 426 cm³/mol. The highest BCUT2D eigenvalue weighted by Gasteiger charge is 2.50. The summed E-state index contributed by atoms with van der Waals surface area (Å²) in [6, 6.07) is 4.79. The van der Waals surface area contributed by atoms with E-state index < -0.39 is 250 Å². The fraction of sp³-hybridized carbons (Fsp3) is 0.519. The first-order valence-electron chi connectivity index (χ1n) is 38.9. The number of nitrogens with two attached hydrogens (primary N) is 2. The minimum Gasteiger partial charge on any atom is -0.479 e. The van der Waals surface area contributed by atoms with Crippen LogP contribution in [0.5, 0.6) is 5.75 Å². The highest BCUT2D eigenvalue weighted by atomic mass is 19.1. The number of amides is 13. The molecule has 3 aromatic heterocycles. The number of hydrogen-bond donors (Lipinski definition) is 8. The highest BCUT2D eigenvalue weighted by molar-refractivity contribution is 5.97. The van der Waals surface area contributed by atoms with Gasteiger partial charge in [0, 0.05) is 118 Å². The molecule has 5 aromatic rings. The number of carboxylic acid groups (broad SMARTS) is 1. The lowest BCUT2D eigenvalue weighted by Gasteiger charge is -2.38. The number of nitro groups is 1. The lowest BCUT2D eigenvalue weighted by atomic mass is 9.81. The Hall–Kier alpha value is -13.3. The number of aliphatic hydroxyl groups excluding tert-OH is 3. The summed E-state index contributed by atoms with van der Waals surface area (Å²) in [4.78, 5) is 238. The van der Waals surface area contributed by atoms with Gasteiger partial charge in [0.15, 0.2) is 17.5 Å². The summed E-state index contributed by atoms with van der Waals surface area (Å²) in [5.41, 5.74) is 9.35. The van der Waals surface area contributed by atoms with Gasteiger partial charge in [-0.25, -0.2) is 23.8 Å². The van der Waals surface area contributed by atoms with Gasteiger partial charge in [0.2, 0.25) is 77.2 Å². The quantitative estimate of drug-likeness (QED) is 0.0103. The van der Waals surface area contributed by atoms with Gasteiger partial charge in [-0.15, -0.1) is 5.10 Å². The number of fused-ring (bicyclic) bond motifs is 5. The Bertz CT molecular complexity index is 5200. The van der Waals surface area contributed by atoms with Gasteiger partial charge in [-0.2, -0.15) is 0 Å². The van der Waals surface area contributed by atoms with Crippen LogP contribution < -0.4 is 27.1 Å². The van der Waals surface area contributed by atoms with Crippen molar-refractivity contribution in [3.8, 4) is 17.1 Å². The summed E-state index contributed by atoms with van der Waals surface area (Å²) >= 11 is 0. The van der Waals surface area contributed by atoms with Crippen molar-refractivity contribution in [2.24, 2.45) is 11.5 Å². The fourth-order valence-corrected chi connectivity index (χ4v) is 14.2. The van der Waals surface area contributed by atoms with E-state index in [4.69, 9.17) is 35.4 Å². The molecule has 0 spiro atoms. The number of esters is 1. The third-order valence-electron chi connectivity index (χ3n) is 22.0. The Balaban J connectivity index is 0.803. The van der Waals surface area contributed by atoms with Crippen LogP contribution in [0.15, 0.2) is 41.3 Å². The third-order valence-corrected chi connectivity index (χ3v) is 22.0. The van der Waals surface area contributed by atoms with Crippen molar-refractivity contribution >= 4 is 106 Å². The van der Waals surface area contributed by atoms with Crippen LogP contribution in [0, 0.1) is 22.9 Å². The number of carbonyl (C=O) groups excluding carboxylic acids is 14. The topological polar surface area (TPSA) is 603 Å². The molecule has 4 aliphatic rings. The molecule has 13 amide bonds. The summed E-state index contributed by atoms with van der Waals surface area (Å²) in [7, 11) is 12.8. The van der Waals surface area contributed by atoms with Crippen LogP contribution in [-0.2, 0) is 119 Å². The molecule has 0 radical (unpaired) electrons. The average Bonchev–Trinajstić information content (AvgIpc) is 1.57. The molecule has 1 aliphatic carbocycles. The molecular weight excluding hydrogens is 1660 g/mol. The molecule has 1 fully saturated rings. The largest absolute Gasteiger partial charge is 0.479 e. The number of rotatable bonds is 36. The summed E-state index contributed by atoms with van der Waals surface area (Å²) in [5.74, 6) is -12.5. The summed E-state index contributed by atoms with van der Waals surface area (Å²) in [6.45, 7) is -4.40. The van der Waals surface area contributed by atoms with E-state index in [-0.39, 0.29) is 90.3 Å². The van der Waals surface area contributed by atoms with E-state index in [2.05, 4.69) is 15.6 Å². The summed E-state index contributed by atoms with van der Waals surface area (Å²) in [5, 5.41) is 77.5. The number of nitrogens with one attached hydrogen (secondary N) is 1. The number of carboxylic acids is 1. The van der Waals surface area contributed by atoms with Crippen molar-refractivity contribution in [1.82, 2.24) is 83.8 Å². The molecule has 0 bridgehead atoms. The zero-order valence-electron chi connectivity index (χ0n) is 70.5. The number of hydrogen-bond acceptors (Lipinski definition) is 30. The Morgan fingerprint density at radius 3 is 1.63 bits per heavy atom. The lowest BCUT2D eigenvalue weighted by molar-refractivity contribution is -0.387. The number of pyridine rings is 2. The second kappa shape index (κ2) is 39.9. The number of alkyl carbamates (subject to hydrolysis) is 1. The van der Waals surface area contributed by atoms with Gasteiger partial charge >= 0.3 is 23.7 Å². The van der Waals surface area contributed by atoms with Crippen molar-refractivity contribution in [2.45, 2.75) is 108 Å². The standard InChI is InChI=1S/C77H99FN20O27/c1-13-77(119)45-22-50-67-43(26-97(50)72(114)44(45)38-122-75(77)117)66-47(16-15-42-39(2)46(78)23-48(81-67)65(42)66)82-76(118)124-52(40-14-17-51(49(20-40)98(120)121)123-74-70(113)68(111)69(112)71(125-74)73(115)116)21-41-25-96(84-83-41)19-18-95(54(100)24-79)37-64(110)94(12)36-63(109)93(11)35-62(108)92(10)34-61(107)91(9)33-60(106)90(8)32-59(105)89(7)31-58(104)88(6)30-57(103)87(5)29-56(102)86(4)28-55(101)85(3)27-53(80)99/h14,17,20,22-23,25,47,52,68-71,74,111-113,119H,13,15-16,18-19,21,24,26-38,79H2,1-12H3,(H2,80,99)(H,82,118)(H,115,116)/t47-,52?,68+,69+,70-,71+,74-,77-/m1/s1. The monoisotopic (exact) mass is 1750 g/mol. The number of aromatic nitrogens is 5. The fourth-order valence-electron chi connectivity index (χ4n) is 14.2. The van der Waals surface area contributed by atoms with Crippen LogP contribution in [0.3, 0.4) is 0 Å². The normalized spacial score (nSPS) is 17.9. The molecule has 0 saturated carbocycles. The predicted octanol–water partition coefficient (Wildman–Crippen LogP) is -6.15. The number of carbonyl (C=O) groups is 15. The Morgan fingerprint density at radius 1 is 0.680 bits per heavy atom. The van der Waals surface area contributed by atoms with E-state index in [9.17, 15) is 112 Å². The molecule has 676 valence electrons. The van der Waals surface area contributed by atoms with Crippen molar-refractivity contribution < 1.29 is 126 Å². The van der Waals surface area contributed by atoms with Gasteiger partial charge in [0.05, 0.1) is 131 Å². The number of benzene rings is 2. The minimum absolute atomic E-state index is 0.00796. The number of halogens is 1. The number of nitrogens with zero attached hydrogens (tertiary/aromatic N) is 17. The van der Waals surface area contributed by atoms with Crippen molar-refractivity contribution in [2.75, 3.05) is 156 Å². The average molecular weight is 1760 g/mol. The zero-order valence-corrected chi connectivity index (χ0v) is 70.5. The highest BCUT2D eigenvalue weighted by Crippen LogP contribution is 2.47. The molecule has 10 N–H and O–H groups in total. The van der Waals surface area contributed by atoms with Crippen LogP contribution in [0.25, 0.3) is 22.3 Å². The molecular formula is C77H99FN20O27. The number of cyclic esters (lactones) is 1. The van der Waals surface area contributed by atoms with Crippen molar-refractivity contribution in [1.29, 1.82) is 0 Å². The van der Waals surface area contributed by atoms with Gasteiger partial charge in [0.1, 0.15) is 36.8 Å². The zero-order chi connectivity index (χ0) is 92.6. The minimum atomic E-state index is -2.20. The Morgan fingerprint density at radius 2 is 1.17 bits per heavy atom. The molecule has 48 heteroatoms. The van der Waals surface area contributed by atoms with E-state index in [1.807, 2.05) is 0 Å². The number of nitro benzene ring substituents is 1. The first-order chi connectivity index (χ1) is 58.7. The Labute approximate surface area is 711 Å². The molecule has 8 atom stereocenters. The van der Waals surface area contributed by atoms with Gasteiger partial charge in [-0.05, 0) is 60.6 Å². The van der Waals surface area contributed by atoms with Gasteiger partial charge in [-0.1, -0.05) is 18.2 Å². The second-order valence-corrected chi connectivity index (χ2v) is 30.9. The number of likely N-dealkylation sites (N-methyl/N-ethyl adjacent to an activating group) is 10. The van der Waals surface area contributed by atoms with Crippen LogP contribution in [0.1, 0.15) is 76.5 Å². The van der Waals surface area contributed by atoms with Crippen LogP contribution in [0.2, 0.25) is 0 Å². The maximum Gasteiger partial charge on any atom is 0.408 e. The van der Waals surface area contributed by atoms with Crippen LogP contribution >= 0.6 is 0 Å². The number of primary amides is 1. The van der Waals surface area contributed by atoms with Crippen molar-refractivity contribution in [3.63, 3.8) is 0 Å². The van der Waals surface area contributed by atoms with Crippen LogP contribution in [0.4, 0.5) is 14.9 Å². The maximum atomic E-state index is 15.9. The Kier molecular flexibility index (Phi) is 30.5. The third kappa shape index (κ3) is 21.8. The first kappa shape index (κ1) is 95.5. The van der Waals surface area contributed by atoms with E-state index in [1.54, 1.807) is 6.92 Å². The second-order valence-electron chi connectivity index (χ2n) is 30.9. The molecule has 6 heterocycles. The van der Waals surface area contributed by atoms with Gasteiger partial charge in [-0.3, -0.25) is 77.1 Å². The van der Waals surface area contributed by atoms with Crippen molar-refractivity contribution in [3.05, 3.63) is 107 Å². The first-order valence-corrected chi connectivity index (χ1v) is 38.9. The lowest BCUT2D eigenvalue weighted by Crippen LogP contribution is -2.61. The van der Waals surface area contributed by atoms with E-state index in [1.165, 1.54) is 111 Å². The van der Waals surface area contributed by atoms with Crippen LogP contribution in [-0.4, -0.2) is 384 Å². The molecule has 9 rings (SSSR count). The van der Waals surface area contributed by atoms with Gasteiger partial charge < -0.3 is 120 Å². The molecule has 47 nitrogen and oxygen atoms in total. The molecule has 3 aliphatic heterocycles. The summed E-state index contributed by atoms with van der Waals surface area (Å²) < 4.78 is 40.7. The number of aryl methyl sites for hydroxylation is 1. The smallest absolute Gasteiger partial charge is 0.408 e. The summed E-state index contributed by atoms with van der Waals surface area (Å²) in [6.07, 6.45) is -12.4. The van der Waals surface area contributed by atoms with E-state index in [0.29, 0.717) is 22.1 Å².